The van der Waals surface area contributed by atoms with Gasteiger partial charge in [-0.25, -0.2) is 4.57 Å². The van der Waals surface area contributed by atoms with Crippen molar-refractivity contribution in [2.24, 2.45) is 5.73 Å². The number of allylic oxidation sites excluding steroid dienone is 7. The normalized spacial score (nSPS) is 14.7. The van der Waals surface area contributed by atoms with Gasteiger partial charge >= 0.3 is 7.82 Å². The maximum absolute atomic E-state index is 12.7. The number of nitrogens with one attached hydrogen (secondary N) is 1. The van der Waals surface area contributed by atoms with Gasteiger partial charge in [-0.2, -0.15) is 0 Å². The topological polar surface area (TPSA) is 131 Å². The molecule has 0 saturated heterocycles. The Morgan fingerprint density at radius 2 is 1.08 bits per heavy atom. The third-order valence-corrected chi connectivity index (χ3v) is 9.88. The molecule has 0 saturated carbocycles. The second-order valence-corrected chi connectivity index (χ2v) is 15.3. The standard InChI is InChI=1S/C42H79N2O6P/c1-3-5-7-9-11-13-15-17-18-19-20-21-22-24-26-28-30-32-34-36-42(46)44-40(39-50-51(47,48)49-38-37-43)41(45)35-33-31-29-27-25-23-16-14-12-10-8-6-4-2/h11,13,17-18,20-21,33,35,40-41,45H,3-10,12,14-16,19,22-32,34,36-39,43H2,1-2H3,(H,44,46)(H,47,48)/b13-11-,18-17-,21-20-,35-33+. The van der Waals surface area contributed by atoms with Crippen LogP contribution >= 0.6 is 7.82 Å². The molecular formula is C42H79N2O6P. The van der Waals surface area contributed by atoms with Gasteiger partial charge in [0, 0.05) is 13.0 Å². The van der Waals surface area contributed by atoms with Gasteiger partial charge in [-0.3, -0.25) is 13.8 Å². The number of nitrogens with two attached hydrogens (primary N) is 1. The van der Waals surface area contributed by atoms with E-state index in [2.05, 4.69) is 55.6 Å². The molecule has 0 aliphatic heterocycles. The first-order chi connectivity index (χ1) is 24.9. The molecule has 0 radical (unpaired) electrons. The summed E-state index contributed by atoms with van der Waals surface area (Å²) in [5.74, 6) is -0.209. The van der Waals surface area contributed by atoms with Crippen LogP contribution in [-0.4, -0.2) is 47.8 Å². The Balaban J connectivity index is 4.27. The van der Waals surface area contributed by atoms with E-state index in [1.165, 1.54) is 96.3 Å². The van der Waals surface area contributed by atoms with Crippen molar-refractivity contribution < 1.29 is 28.4 Å². The molecule has 298 valence electrons. The molecule has 0 aliphatic rings. The lowest BCUT2D eigenvalue weighted by molar-refractivity contribution is -0.123. The fourth-order valence-corrected chi connectivity index (χ4v) is 6.49. The highest BCUT2D eigenvalue weighted by atomic mass is 31.2. The first kappa shape index (κ1) is 49.5. The number of phosphoric ester groups is 1. The first-order valence-electron chi connectivity index (χ1n) is 20.8. The molecular weight excluding hydrogens is 659 g/mol. The maximum Gasteiger partial charge on any atom is 0.472 e. The number of carbonyl (C=O) groups excluding carboxylic acids is 1. The summed E-state index contributed by atoms with van der Waals surface area (Å²) < 4.78 is 22.1. The molecule has 1 amide bonds. The third kappa shape index (κ3) is 36.6. The minimum absolute atomic E-state index is 0.0745. The number of hydrogen-bond acceptors (Lipinski definition) is 6. The smallest absolute Gasteiger partial charge is 0.387 e. The van der Waals surface area contributed by atoms with Crippen molar-refractivity contribution in [3.8, 4) is 0 Å². The quantitative estimate of drug-likeness (QED) is 0.0282. The molecule has 8 nitrogen and oxygen atoms in total. The lowest BCUT2D eigenvalue weighted by Gasteiger charge is -2.23. The van der Waals surface area contributed by atoms with E-state index in [4.69, 9.17) is 14.8 Å². The largest absolute Gasteiger partial charge is 0.472 e. The van der Waals surface area contributed by atoms with Crippen molar-refractivity contribution >= 4 is 13.7 Å². The molecule has 3 unspecified atom stereocenters. The zero-order valence-corrected chi connectivity index (χ0v) is 33.7. The molecule has 0 fully saturated rings. The number of unbranched alkanes of at least 4 members (excludes halogenated alkanes) is 20. The number of hydrogen-bond donors (Lipinski definition) is 4. The summed E-state index contributed by atoms with van der Waals surface area (Å²) in [6.07, 6.45) is 45.8. The zero-order chi connectivity index (χ0) is 37.5. The second kappa shape index (κ2) is 38.2. The molecule has 5 N–H and O–H groups in total. The summed E-state index contributed by atoms with van der Waals surface area (Å²) in [6, 6.07) is -0.867. The van der Waals surface area contributed by atoms with E-state index in [0.29, 0.717) is 6.42 Å². The van der Waals surface area contributed by atoms with Crippen LogP contribution in [0, 0.1) is 0 Å². The van der Waals surface area contributed by atoms with Crippen LogP contribution in [0.25, 0.3) is 0 Å². The molecule has 9 heteroatoms. The number of phosphoric acid groups is 1. The van der Waals surface area contributed by atoms with E-state index in [9.17, 15) is 19.4 Å². The molecule has 0 spiro atoms. The van der Waals surface area contributed by atoms with Gasteiger partial charge in [-0.1, -0.05) is 165 Å². The van der Waals surface area contributed by atoms with E-state index in [0.717, 1.165) is 64.2 Å². The average molecular weight is 739 g/mol. The fraction of sp³-hybridized carbons (Fsp3) is 0.786. The van der Waals surface area contributed by atoms with Gasteiger partial charge in [0.2, 0.25) is 5.91 Å². The van der Waals surface area contributed by atoms with Crippen molar-refractivity contribution in [3.63, 3.8) is 0 Å². The monoisotopic (exact) mass is 739 g/mol. The van der Waals surface area contributed by atoms with Crippen molar-refractivity contribution in [3.05, 3.63) is 48.6 Å². The van der Waals surface area contributed by atoms with Gasteiger partial charge in [0.15, 0.2) is 0 Å². The lowest BCUT2D eigenvalue weighted by Crippen LogP contribution is -2.45. The zero-order valence-electron chi connectivity index (χ0n) is 32.8. The molecule has 0 bridgehead atoms. The molecule has 0 aromatic heterocycles. The summed E-state index contributed by atoms with van der Waals surface area (Å²) >= 11 is 0. The van der Waals surface area contributed by atoms with Crippen molar-refractivity contribution in [1.82, 2.24) is 5.32 Å². The first-order valence-corrected chi connectivity index (χ1v) is 22.3. The highest BCUT2D eigenvalue weighted by Gasteiger charge is 2.26. The fourth-order valence-electron chi connectivity index (χ4n) is 5.73. The summed E-state index contributed by atoms with van der Waals surface area (Å²) in [5.41, 5.74) is 5.36. The van der Waals surface area contributed by atoms with E-state index in [1.54, 1.807) is 6.08 Å². The van der Waals surface area contributed by atoms with Gasteiger partial charge < -0.3 is 21.1 Å². The van der Waals surface area contributed by atoms with E-state index < -0.39 is 20.0 Å². The molecule has 0 aromatic rings. The number of carbonyl (C=O) groups is 1. The van der Waals surface area contributed by atoms with Gasteiger partial charge in [-0.15, -0.1) is 0 Å². The predicted octanol–water partition coefficient (Wildman–Crippen LogP) is 11.3. The molecule has 0 aliphatic carbocycles. The number of rotatable bonds is 38. The molecule has 3 atom stereocenters. The van der Waals surface area contributed by atoms with Crippen LogP contribution in [0.2, 0.25) is 0 Å². The Bertz CT molecular complexity index is 938. The predicted molar refractivity (Wildman–Crippen MR) is 217 cm³/mol. The Morgan fingerprint density at radius 3 is 1.61 bits per heavy atom. The minimum Gasteiger partial charge on any atom is -0.387 e. The molecule has 0 aromatic carbocycles. The van der Waals surface area contributed by atoms with E-state index in [1.807, 2.05) is 6.08 Å². The highest BCUT2D eigenvalue weighted by Crippen LogP contribution is 2.43. The van der Waals surface area contributed by atoms with Crippen LogP contribution < -0.4 is 11.1 Å². The van der Waals surface area contributed by atoms with Crippen molar-refractivity contribution in [2.45, 2.75) is 193 Å². The average Bonchev–Trinajstić information content (AvgIpc) is 3.12. The van der Waals surface area contributed by atoms with Crippen molar-refractivity contribution in [1.29, 1.82) is 0 Å². The van der Waals surface area contributed by atoms with E-state index in [-0.39, 0.29) is 25.7 Å². The molecule has 0 heterocycles. The van der Waals surface area contributed by atoms with Gasteiger partial charge in [0.1, 0.15) is 0 Å². The van der Waals surface area contributed by atoms with Gasteiger partial charge in [-0.05, 0) is 57.8 Å². The van der Waals surface area contributed by atoms with E-state index >= 15 is 0 Å². The van der Waals surface area contributed by atoms with Gasteiger partial charge in [0.25, 0.3) is 0 Å². The van der Waals surface area contributed by atoms with Gasteiger partial charge in [0.05, 0.1) is 25.4 Å². The molecule has 51 heavy (non-hydrogen) atoms. The SMILES string of the molecule is CCCCC/C=C\C/C=C\C/C=C\CCCCCCCCC(=O)NC(COP(=O)(O)OCCN)C(O)/C=C/CCCCCCCCCCCCC. The summed E-state index contributed by atoms with van der Waals surface area (Å²) in [6.45, 7) is 4.08. The lowest BCUT2D eigenvalue weighted by atomic mass is 10.0. The summed E-state index contributed by atoms with van der Waals surface area (Å²) in [4.78, 5) is 22.7. The third-order valence-electron chi connectivity index (χ3n) is 8.90. The second-order valence-electron chi connectivity index (χ2n) is 13.8. The Morgan fingerprint density at radius 1 is 0.647 bits per heavy atom. The Labute approximate surface area is 313 Å². The Hall–Kier alpha value is -1.54. The number of amides is 1. The molecule has 0 rings (SSSR count). The highest BCUT2D eigenvalue weighted by molar-refractivity contribution is 7.47. The van der Waals surface area contributed by atoms with Crippen molar-refractivity contribution in [2.75, 3.05) is 19.8 Å². The van der Waals surface area contributed by atoms with Crippen LogP contribution in [0.4, 0.5) is 0 Å². The van der Waals surface area contributed by atoms with Crippen LogP contribution in [0.5, 0.6) is 0 Å². The van der Waals surface area contributed by atoms with Crippen LogP contribution in [0.1, 0.15) is 181 Å². The number of aliphatic hydroxyl groups excluding tert-OH is 1. The van der Waals surface area contributed by atoms with Crippen LogP contribution in [-0.2, 0) is 18.4 Å². The minimum atomic E-state index is -4.34. The number of aliphatic hydroxyl groups is 1. The van der Waals surface area contributed by atoms with Crippen LogP contribution in [0.3, 0.4) is 0 Å². The maximum atomic E-state index is 12.7. The summed E-state index contributed by atoms with van der Waals surface area (Å²) in [7, 11) is -4.34. The Kier molecular flexibility index (Phi) is 37.0. The van der Waals surface area contributed by atoms with Crippen LogP contribution in [0.15, 0.2) is 48.6 Å². The summed E-state index contributed by atoms with van der Waals surface area (Å²) in [5, 5.41) is 13.6.